The fraction of sp³-hybridized carbons (Fsp3) is 0.588. The molecule has 1 aromatic rings. The van der Waals surface area contributed by atoms with E-state index in [0.717, 1.165) is 36.2 Å². The van der Waals surface area contributed by atoms with Gasteiger partial charge in [0.15, 0.2) is 0 Å². The van der Waals surface area contributed by atoms with E-state index in [-0.39, 0.29) is 0 Å². The molecule has 20 heavy (non-hydrogen) atoms. The molecule has 0 N–H and O–H groups in total. The number of hydrogen-bond donors (Lipinski definition) is 0. The van der Waals surface area contributed by atoms with Gasteiger partial charge in [-0.15, -0.1) is 11.6 Å². The van der Waals surface area contributed by atoms with Crippen LogP contribution < -0.4 is 4.90 Å². The fourth-order valence-corrected chi connectivity index (χ4v) is 2.74. The summed E-state index contributed by atoms with van der Waals surface area (Å²) in [5.74, 6) is 1.01. The molecule has 0 aliphatic heterocycles. The molecule has 0 aromatic heterocycles. The van der Waals surface area contributed by atoms with Crippen molar-refractivity contribution in [3.05, 3.63) is 29.3 Å². The number of hydrogen-bond acceptors (Lipinski definition) is 2. The van der Waals surface area contributed by atoms with E-state index in [1.54, 1.807) is 0 Å². The summed E-state index contributed by atoms with van der Waals surface area (Å²) < 4.78 is 0. The second-order valence-corrected chi connectivity index (χ2v) is 5.88. The number of alkyl halides is 1. The Morgan fingerprint density at radius 3 is 2.35 bits per heavy atom. The first kappa shape index (κ1) is 16.9. The Kier molecular flexibility index (Phi) is 6.88. The van der Waals surface area contributed by atoms with Crippen LogP contribution in [-0.4, -0.2) is 12.6 Å². The number of rotatable bonds is 7. The molecule has 3 heteroatoms. The highest BCUT2D eigenvalue weighted by Crippen LogP contribution is 2.27. The standard InChI is InChI=1S/C17H25ClN2/c1-5-16(6-2)20(12-13(3)4)17-8-7-14(10-18)9-15(17)11-19/h7-9,13,16H,5-6,10,12H2,1-4H3. The van der Waals surface area contributed by atoms with E-state index in [9.17, 15) is 5.26 Å². The van der Waals surface area contributed by atoms with Crippen LogP contribution in [-0.2, 0) is 5.88 Å². The molecular formula is C17H25ClN2. The molecule has 0 amide bonds. The highest BCUT2D eigenvalue weighted by Gasteiger charge is 2.19. The van der Waals surface area contributed by atoms with Crippen molar-refractivity contribution in [2.24, 2.45) is 5.92 Å². The number of anilines is 1. The molecule has 0 fully saturated rings. The summed E-state index contributed by atoms with van der Waals surface area (Å²) >= 11 is 5.87. The van der Waals surface area contributed by atoms with Crippen LogP contribution in [0.1, 0.15) is 51.7 Å². The van der Waals surface area contributed by atoms with Gasteiger partial charge in [-0.1, -0.05) is 33.8 Å². The first-order valence-corrected chi connectivity index (χ1v) is 7.96. The molecule has 0 spiro atoms. The van der Waals surface area contributed by atoms with Crippen LogP contribution >= 0.6 is 11.6 Å². The quantitative estimate of drug-likeness (QED) is 0.665. The summed E-state index contributed by atoms with van der Waals surface area (Å²) in [5, 5.41) is 9.43. The third-order valence-corrected chi connectivity index (χ3v) is 3.90. The molecule has 0 heterocycles. The lowest BCUT2D eigenvalue weighted by Gasteiger charge is -2.35. The summed E-state index contributed by atoms with van der Waals surface area (Å²) in [6.45, 7) is 9.83. The van der Waals surface area contributed by atoms with Crippen LogP contribution in [0.4, 0.5) is 5.69 Å². The fourth-order valence-electron chi connectivity index (χ4n) is 2.57. The van der Waals surface area contributed by atoms with E-state index in [0.29, 0.717) is 17.8 Å². The SMILES string of the molecule is CCC(CC)N(CC(C)C)c1ccc(CCl)cc1C#N. The van der Waals surface area contributed by atoms with Gasteiger partial charge in [0.05, 0.1) is 11.3 Å². The molecule has 110 valence electrons. The van der Waals surface area contributed by atoms with Crippen molar-refractivity contribution in [2.45, 2.75) is 52.5 Å². The molecule has 1 aromatic carbocycles. The highest BCUT2D eigenvalue weighted by atomic mass is 35.5. The van der Waals surface area contributed by atoms with Crippen molar-refractivity contribution in [3.63, 3.8) is 0 Å². The zero-order chi connectivity index (χ0) is 15.1. The average Bonchev–Trinajstić information content (AvgIpc) is 2.46. The number of benzene rings is 1. The van der Waals surface area contributed by atoms with E-state index in [1.807, 2.05) is 12.1 Å². The summed E-state index contributed by atoms with van der Waals surface area (Å²) in [5.41, 5.74) is 2.78. The van der Waals surface area contributed by atoms with Gasteiger partial charge < -0.3 is 4.90 Å². The van der Waals surface area contributed by atoms with Gasteiger partial charge >= 0.3 is 0 Å². The highest BCUT2D eigenvalue weighted by molar-refractivity contribution is 6.17. The smallest absolute Gasteiger partial charge is 0.101 e. The lowest BCUT2D eigenvalue weighted by Crippen LogP contribution is -2.37. The number of halogens is 1. The van der Waals surface area contributed by atoms with Crippen molar-refractivity contribution >= 4 is 17.3 Å². The largest absolute Gasteiger partial charge is 0.367 e. The Morgan fingerprint density at radius 1 is 1.25 bits per heavy atom. The lowest BCUT2D eigenvalue weighted by molar-refractivity contribution is 0.507. The molecule has 0 unspecified atom stereocenters. The second-order valence-electron chi connectivity index (χ2n) is 5.61. The number of nitrogens with zero attached hydrogens (tertiary/aromatic N) is 2. The summed E-state index contributed by atoms with van der Waals surface area (Å²) in [7, 11) is 0. The van der Waals surface area contributed by atoms with Gasteiger partial charge in [0.2, 0.25) is 0 Å². The molecule has 2 nitrogen and oxygen atoms in total. The van der Waals surface area contributed by atoms with Crippen LogP contribution in [0.25, 0.3) is 0 Å². The molecule has 0 radical (unpaired) electrons. The third kappa shape index (κ3) is 4.15. The maximum Gasteiger partial charge on any atom is 0.101 e. The maximum atomic E-state index is 9.43. The molecule has 0 saturated carbocycles. The molecular weight excluding hydrogens is 268 g/mol. The Morgan fingerprint density at radius 2 is 1.90 bits per heavy atom. The minimum absolute atomic E-state index is 0.449. The third-order valence-electron chi connectivity index (χ3n) is 3.59. The van der Waals surface area contributed by atoms with E-state index < -0.39 is 0 Å². The Labute approximate surface area is 128 Å². The molecule has 0 atom stereocenters. The van der Waals surface area contributed by atoms with E-state index >= 15 is 0 Å². The first-order valence-electron chi connectivity index (χ1n) is 7.42. The Balaban J connectivity index is 3.22. The molecule has 1 rings (SSSR count). The van der Waals surface area contributed by atoms with E-state index in [1.165, 1.54) is 0 Å². The molecule has 0 aliphatic carbocycles. The van der Waals surface area contributed by atoms with Crippen LogP contribution in [0.5, 0.6) is 0 Å². The van der Waals surface area contributed by atoms with Crippen LogP contribution in [0.15, 0.2) is 18.2 Å². The monoisotopic (exact) mass is 292 g/mol. The van der Waals surface area contributed by atoms with Gasteiger partial charge in [-0.05, 0) is 36.5 Å². The van der Waals surface area contributed by atoms with E-state index in [4.69, 9.17) is 11.6 Å². The minimum atomic E-state index is 0.449. The number of nitriles is 1. The molecule has 0 saturated heterocycles. The normalized spacial score (nSPS) is 10.9. The maximum absolute atomic E-state index is 9.43. The Hall–Kier alpha value is -1.20. The minimum Gasteiger partial charge on any atom is -0.367 e. The van der Waals surface area contributed by atoms with Crippen molar-refractivity contribution in [1.29, 1.82) is 5.26 Å². The van der Waals surface area contributed by atoms with Crippen LogP contribution in [0.3, 0.4) is 0 Å². The van der Waals surface area contributed by atoms with Gasteiger partial charge in [-0.3, -0.25) is 0 Å². The van der Waals surface area contributed by atoms with Gasteiger partial charge in [-0.2, -0.15) is 5.26 Å². The van der Waals surface area contributed by atoms with Crippen molar-refractivity contribution in [3.8, 4) is 6.07 Å². The van der Waals surface area contributed by atoms with E-state index in [2.05, 4.69) is 44.7 Å². The van der Waals surface area contributed by atoms with Crippen molar-refractivity contribution in [2.75, 3.05) is 11.4 Å². The predicted octanol–water partition coefficient (Wildman–Crippen LogP) is 4.95. The van der Waals surface area contributed by atoms with Gasteiger partial charge in [0.25, 0.3) is 0 Å². The zero-order valence-electron chi connectivity index (χ0n) is 13.0. The summed E-state index contributed by atoms with van der Waals surface area (Å²) in [4.78, 5) is 2.39. The van der Waals surface area contributed by atoms with Crippen LogP contribution in [0.2, 0.25) is 0 Å². The molecule has 0 bridgehead atoms. The van der Waals surface area contributed by atoms with Crippen molar-refractivity contribution in [1.82, 2.24) is 0 Å². The Bertz CT molecular complexity index is 459. The summed E-state index contributed by atoms with van der Waals surface area (Å²) in [6, 6.07) is 8.80. The average molecular weight is 293 g/mol. The summed E-state index contributed by atoms with van der Waals surface area (Å²) in [6.07, 6.45) is 2.18. The van der Waals surface area contributed by atoms with Gasteiger partial charge in [0.1, 0.15) is 6.07 Å². The second kappa shape index (κ2) is 8.17. The predicted molar refractivity (Wildman–Crippen MR) is 87.3 cm³/mol. The van der Waals surface area contributed by atoms with Gasteiger partial charge in [0, 0.05) is 18.5 Å². The zero-order valence-corrected chi connectivity index (χ0v) is 13.7. The first-order chi connectivity index (χ1) is 9.57. The molecule has 0 aliphatic rings. The lowest BCUT2D eigenvalue weighted by atomic mass is 10.0. The van der Waals surface area contributed by atoms with Crippen molar-refractivity contribution < 1.29 is 0 Å². The van der Waals surface area contributed by atoms with Gasteiger partial charge in [-0.25, -0.2) is 0 Å². The topological polar surface area (TPSA) is 27.0 Å². The van der Waals surface area contributed by atoms with Crippen LogP contribution in [0, 0.1) is 17.2 Å².